The Hall–Kier alpha value is -3.19. The van der Waals surface area contributed by atoms with Crippen molar-refractivity contribution in [2.75, 3.05) is 43.4 Å². The molecule has 0 bridgehead atoms. The standard InChI is InChI=1S/C20H21N5O2/c1-24-9-11-25(12-10-24)18-16-7-2-3-8-17(16)22-20(23-18)21-15-6-4-5-14(13-15)19(26)27/h2-8,13H,9-12H2,1H3,(H,26,27)(H,21,22,23). The number of anilines is 3. The fourth-order valence-electron chi connectivity index (χ4n) is 3.23. The molecule has 138 valence electrons. The number of benzene rings is 2. The average molecular weight is 363 g/mol. The summed E-state index contributed by atoms with van der Waals surface area (Å²) in [6.07, 6.45) is 0. The molecule has 7 heteroatoms. The van der Waals surface area contributed by atoms with Crippen LogP contribution in [0.5, 0.6) is 0 Å². The molecule has 2 heterocycles. The molecule has 3 aromatic rings. The first-order valence-electron chi connectivity index (χ1n) is 8.91. The molecule has 0 atom stereocenters. The molecule has 0 amide bonds. The van der Waals surface area contributed by atoms with Gasteiger partial charge in [0.1, 0.15) is 5.82 Å². The van der Waals surface area contributed by atoms with Crippen LogP contribution in [0.2, 0.25) is 0 Å². The molecule has 0 aliphatic carbocycles. The number of likely N-dealkylation sites (N-methyl/N-ethyl adjacent to an activating group) is 1. The zero-order valence-electron chi connectivity index (χ0n) is 15.1. The average Bonchev–Trinajstić information content (AvgIpc) is 2.68. The van der Waals surface area contributed by atoms with E-state index in [1.165, 1.54) is 0 Å². The van der Waals surface area contributed by atoms with Crippen LogP contribution in [0, 0.1) is 0 Å². The van der Waals surface area contributed by atoms with Crippen molar-refractivity contribution in [2.24, 2.45) is 0 Å². The molecule has 0 unspecified atom stereocenters. The van der Waals surface area contributed by atoms with Crippen LogP contribution in [-0.2, 0) is 0 Å². The summed E-state index contributed by atoms with van der Waals surface area (Å²) in [6.45, 7) is 3.79. The minimum Gasteiger partial charge on any atom is -0.478 e. The third kappa shape index (κ3) is 3.68. The Morgan fingerprint density at radius 1 is 1.04 bits per heavy atom. The lowest BCUT2D eigenvalue weighted by Crippen LogP contribution is -2.45. The van der Waals surface area contributed by atoms with Gasteiger partial charge in [0.2, 0.25) is 5.95 Å². The molecule has 0 saturated carbocycles. The van der Waals surface area contributed by atoms with Gasteiger partial charge in [0.05, 0.1) is 11.1 Å². The summed E-state index contributed by atoms with van der Waals surface area (Å²) in [5.41, 5.74) is 1.73. The van der Waals surface area contributed by atoms with Crippen molar-refractivity contribution in [3.63, 3.8) is 0 Å². The second kappa shape index (κ2) is 7.20. The Morgan fingerprint density at radius 2 is 1.81 bits per heavy atom. The van der Waals surface area contributed by atoms with Crippen LogP contribution in [0.1, 0.15) is 10.4 Å². The first kappa shape index (κ1) is 17.2. The van der Waals surface area contributed by atoms with E-state index >= 15 is 0 Å². The van der Waals surface area contributed by atoms with E-state index in [9.17, 15) is 9.90 Å². The van der Waals surface area contributed by atoms with Gasteiger partial charge in [0.25, 0.3) is 0 Å². The van der Waals surface area contributed by atoms with Gasteiger partial charge in [-0.2, -0.15) is 4.98 Å². The van der Waals surface area contributed by atoms with Gasteiger partial charge in [-0.05, 0) is 37.4 Å². The van der Waals surface area contributed by atoms with Crippen molar-refractivity contribution in [3.8, 4) is 0 Å². The normalized spacial score (nSPS) is 15.1. The first-order chi connectivity index (χ1) is 13.1. The topological polar surface area (TPSA) is 81.6 Å². The van der Waals surface area contributed by atoms with Gasteiger partial charge in [-0.25, -0.2) is 9.78 Å². The van der Waals surface area contributed by atoms with E-state index in [4.69, 9.17) is 4.98 Å². The molecule has 2 N–H and O–H groups in total. The van der Waals surface area contributed by atoms with Crippen LogP contribution in [-0.4, -0.2) is 59.2 Å². The van der Waals surface area contributed by atoms with Crippen molar-refractivity contribution >= 4 is 34.3 Å². The number of carboxylic acids is 1. The summed E-state index contributed by atoms with van der Waals surface area (Å²) in [6, 6.07) is 14.6. The number of aromatic carboxylic acids is 1. The third-order valence-corrected chi connectivity index (χ3v) is 4.75. The van der Waals surface area contributed by atoms with Gasteiger partial charge >= 0.3 is 5.97 Å². The molecule has 0 spiro atoms. The number of rotatable bonds is 4. The molecule has 7 nitrogen and oxygen atoms in total. The van der Waals surface area contributed by atoms with E-state index < -0.39 is 5.97 Å². The van der Waals surface area contributed by atoms with Gasteiger partial charge < -0.3 is 20.2 Å². The lowest BCUT2D eigenvalue weighted by atomic mass is 10.2. The summed E-state index contributed by atoms with van der Waals surface area (Å²) in [7, 11) is 2.12. The monoisotopic (exact) mass is 363 g/mol. The van der Waals surface area contributed by atoms with Crippen molar-refractivity contribution < 1.29 is 9.90 Å². The smallest absolute Gasteiger partial charge is 0.335 e. The Labute approximate surface area is 157 Å². The van der Waals surface area contributed by atoms with Gasteiger partial charge in [0, 0.05) is 37.3 Å². The molecule has 4 rings (SSSR count). The Balaban J connectivity index is 1.71. The lowest BCUT2D eigenvalue weighted by molar-refractivity contribution is 0.0697. The second-order valence-electron chi connectivity index (χ2n) is 6.69. The van der Waals surface area contributed by atoms with Crippen molar-refractivity contribution in [1.82, 2.24) is 14.9 Å². The SMILES string of the molecule is CN1CCN(c2nc(Nc3cccc(C(=O)O)c3)nc3ccccc23)CC1. The van der Waals surface area contributed by atoms with E-state index in [2.05, 4.69) is 27.1 Å². The fraction of sp³-hybridized carbons (Fsp3) is 0.250. The molecule has 27 heavy (non-hydrogen) atoms. The number of hydrogen-bond acceptors (Lipinski definition) is 6. The number of carbonyl (C=O) groups is 1. The number of nitrogens with zero attached hydrogens (tertiary/aromatic N) is 4. The number of fused-ring (bicyclic) bond motifs is 1. The number of carboxylic acid groups (broad SMARTS) is 1. The van der Waals surface area contributed by atoms with Crippen LogP contribution < -0.4 is 10.2 Å². The lowest BCUT2D eigenvalue weighted by Gasteiger charge is -2.33. The zero-order chi connectivity index (χ0) is 18.8. The molecule has 2 aromatic carbocycles. The number of hydrogen-bond donors (Lipinski definition) is 2. The maximum absolute atomic E-state index is 11.2. The summed E-state index contributed by atoms with van der Waals surface area (Å²) in [5, 5.41) is 13.4. The highest BCUT2D eigenvalue weighted by Gasteiger charge is 2.19. The number of aromatic nitrogens is 2. The Kier molecular flexibility index (Phi) is 4.60. The Morgan fingerprint density at radius 3 is 2.59 bits per heavy atom. The summed E-state index contributed by atoms with van der Waals surface area (Å²) < 4.78 is 0. The van der Waals surface area contributed by atoms with E-state index in [0.29, 0.717) is 11.6 Å². The van der Waals surface area contributed by atoms with Gasteiger partial charge in [-0.15, -0.1) is 0 Å². The molecule has 0 radical (unpaired) electrons. The largest absolute Gasteiger partial charge is 0.478 e. The predicted octanol–water partition coefficient (Wildman–Crippen LogP) is 2.82. The molecular formula is C20H21N5O2. The second-order valence-corrected chi connectivity index (χ2v) is 6.69. The maximum Gasteiger partial charge on any atom is 0.335 e. The number of para-hydroxylation sites is 1. The molecule has 1 aliphatic rings. The number of nitrogens with one attached hydrogen (secondary N) is 1. The van der Waals surface area contributed by atoms with Crippen molar-refractivity contribution in [3.05, 3.63) is 54.1 Å². The number of piperazine rings is 1. The highest BCUT2D eigenvalue weighted by molar-refractivity contribution is 5.91. The van der Waals surface area contributed by atoms with Crippen molar-refractivity contribution in [2.45, 2.75) is 0 Å². The maximum atomic E-state index is 11.2. The van der Waals surface area contributed by atoms with E-state index in [1.807, 2.05) is 24.3 Å². The van der Waals surface area contributed by atoms with E-state index in [-0.39, 0.29) is 5.56 Å². The highest BCUT2D eigenvalue weighted by Crippen LogP contribution is 2.27. The zero-order valence-corrected chi connectivity index (χ0v) is 15.1. The third-order valence-electron chi connectivity index (χ3n) is 4.75. The summed E-state index contributed by atoms with van der Waals surface area (Å²) in [5.74, 6) is 0.409. The Bertz CT molecular complexity index is 983. The van der Waals surface area contributed by atoms with Gasteiger partial charge in [-0.1, -0.05) is 18.2 Å². The van der Waals surface area contributed by atoms with Crippen LogP contribution in [0.3, 0.4) is 0 Å². The molecule has 1 aliphatic heterocycles. The van der Waals surface area contributed by atoms with E-state index in [0.717, 1.165) is 42.9 Å². The van der Waals surface area contributed by atoms with Crippen LogP contribution in [0.25, 0.3) is 10.9 Å². The molecular weight excluding hydrogens is 342 g/mol. The van der Waals surface area contributed by atoms with Gasteiger partial charge in [-0.3, -0.25) is 0 Å². The summed E-state index contributed by atoms with van der Waals surface area (Å²) in [4.78, 5) is 25.1. The minimum atomic E-state index is -0.962. The van der Waals surface area contributed by atoms with Crippen LogP contribution in [0.15, 0.2) is 48.5 Å². The minimum absolute atomic E-state index is 0.222. The molecule has 1 saturated heterocycles. The van der Waals surface area contributed by atoms with Crippen LogP contribution in [0.4, 0.5) is 17.5 Å². The van der Waals surface area contributed by atoms with E-state index in [1.54, 1.807) is 24.3 Å². The predicted molar refractivity (Wildman–Crippen MR) is 106 cm³/mol. The first-order valence-corrected chi connectivity index (χ1v) is 8.91. The fourth-order valence-corrected chi connectivity index (χ4v) is 3.23. The quantitative estimate of drug-likeness (QED) is 0.738. The van der Waals surface area contributed by atoms with Gasteiger partial charge in [0.15, 0.2) is 0 Å². The van der Waals surface area contributed by atoms with Crippen LogP contribution >= 0.6 is 0 Å². The molecule has 1 aromatic heterocycles. The van der Waals surface area contributed by atoms with Crippen molar-refractivity contribution in [1.29, 1.82) is 0 Å². The molecule has 1 fully saturated rings. The summed E-state index contributed by atoms with van der Waals surface area (Å²) >= 11 is 0. The highest BCUT2D eigenvalue weighted by atomic mass is 16.4.